The lowest BCUT2D eigenvalue weighted by Gasteiger charge is -2.30. The van der Waals surface area contributed by atoms with Crippen molar-refractivity contribution < 1.29 is 13.2 Å². The van der Waals surface area contributed by atoms with Crippen LogP contribution in [0.3, 0.4) is 0 Å². The van der Waals surface area contributed by atoms with Gasteiger partial charge < -0.3 is 4.90 Å². The second-order valence-corrected chi connectivity index (χ2v) is 10.3. The van der Waals surface area contributed by atoms with Gasteiger partial charge in [0.2, 0.25) is 15.9 Å². The van der Waals surface area contributed by atoms with Gasteiger partial charge in [-0.05, 0) is 41.9 Å². The van der Waals surface area contributed by atoms with E-state index < -0.39 is 10.0 Å². The molecule has 1 saturated heterocycles. The van der Waals surface area contributed by atoms with Crippen molar-refractivity contribution >= 4 is 15.9 Å². The van der Waals surface area contributed by atoms with Gasteiger partial charge in [0, 0.05) is 27.2 Å². The van der Waals surface area contributed by atoms with Crippen LogP contribution in [0.2, 0.25) is 0 Å². The molecule has 144 valence electrons. The number of rotatable bonds is 4. The van der Waals surface area contributed by atoms with E-state index in [0.29, 0.717) is 23.9 Å². The van der Waals surface area contributed by atoms with Gasteiger partial charge in [-0.2, -0.15) is 4.31 Å². The Bertz CT molecular complexity index is 763. The Labute approximate surface area is 157 Å². The van der Waals surface area contributed by atoms with Crippen molar-refractivity contribution in [3.05, 3.63) is 29.8 Å². The zero-order valence-corrected chi connectivity index (χ0v) is 17.1. The van der Waals surface area contributed by atoms with Crippen LogP contribution in [-0.2, 0) is 14.8 Å². The van der Waals surface area contributed by atoms with E-state index in [1.54, 1.807) is 35.4 Å². The number of amides is 1. The molecule has 1 aromatic carbocycles. The minimum atomic E-state index is -3.57. The largest absolute Gasteiger partial charge is 0.349 e. The highest BCUT2D eigenvalue weighted by Crippen LogP contribution is 2.50. The van der Waals surface area contributed by atoms with Crippen LogP contribution in [0.5, 0.6) is 0 Å². The first kappa shape index (κ1) is 19.4. The molecule has 1 spiro atoms. The standard InChI is InChI=1S/C20H30N2O3S/c1-15(2)16-7-9-17(10-8-16)26(24,25)22-13-18(19(23)21(3)4)20(14-22)11-5-6-12-20/h7-10,15,18H,5-6,11-14H2,1-4H3. The maximum absolute atomic E-state index is 13.2. The Morgan fingerprint density at radius 2 is 1.73 bits per heavy atom. The van der Waals surface area contributed by atoms with Crippen LogP contribution < -0.4 is 0 Å². The topological polar surface area (TPSA) is 57.7 Å². The van der Waals surface area contributed by atoms with E-state index in [1.165, 1.54) is 0 Å². The van der Waals surface area contributed by atoms with Crippen molar-refractivity contribution in [1.82, 2.24) is 9.21 Å². The lowest BCUT2D eigenvalue weighted by molar-refractivity contribution is -0.135. The number of hydrogen-bond donors (Lipinski definition) is 0. The van der Waals surface area contributed by atoms with Crippen molar-refractivity contribution in [2.24, 2.45) is 11.3 Å². The molecule has 1 aliphatic heterocycles. The van der Waals surface area contributed by atoms with Gasteiger partial charge in [-0.25, -0.2) is 8.42 Å². The molecule has 5 nitrogen and oxygen atoms in total. The molecule has 0 bridgehead atoms. The van der Waals surface area contributed by atoms with E-state index >= 15 is 0 Å². The Kier molecular flexibility index (Phi) is 5.19. The molecule has 3 rings (SSSR count). The summed E-state index contributed by atoms with van der Waals surface area (Å²) >= 11 is 0. The van der Waals surface area contributed by atoms with Crippen molar-refractivity contribution in [2.75, 3.05) is 27.2 Å². The van der Waals surface area contributed by atoms with Gasteiger partial charge in [-0.3, -0.25) is 4.79 Å². The number of hydrogen-bond acceptors (Lipinski definition) is 3. The van der Waals surface area contributed by atoms with Gasteiger partial charge in [-0.15, -0.1) is 0 Å². The molecule has 1 heterocycles. The summed E-state index contributed by atoms with van der Waals surface area (Å²) < 4.78 is 27.9. The second kappa shape index (κ2) is 6.97. The number of sulfonamides is 1. The van der Waals surface area contributed by atoms with Crippen LogP contribution >= 0.6 is 0 Å². The molecule has 0 N–H and O–H groups in total. The summed E-state index contributed by atoms with van der Waals surface area (Å²) in [4.78, 5) is 14.7. The van der Waals surface area contributed by atoms with Gasteiger partial charge in [0.1, 0.15) is 0 Å². The summed E-state index contributed by atoms with van der Waals surface area (Å²) in [5, 5.41) is 0. The zero-order chi connectivity index (χ0) is 19.1. The monoisotopic (exact) mass is 378 g/mol. The predicted octanol–water partition coefficient (Wildman–Crippen LogP) is 3.08. The van der Waals surface area contributed by atoms with Crippen LogP contribution in [0.4, 0.5) is 0 Å². The molecule has 0 aromatic heterocycles. The maximum Gasteiger partial charge on any atom is 0.243 e. The van der Waals surface area contributed by atoms with Crippen molar-refractivity contribution in [3.63, 3.8) is 0 Å². The fourth-order valence-electron chi connectivity index (χ4n) is 4.52. The highest BCUT2D eigenvalue weighted by molar-refractivity contribution is 7.89. The number of carbonyl (C=O) groups excluding carboxylic acids is 1. The van der Waals surface area contributed by atoms with Gasteiger partial charge >= 0.3 is 0 Å². The number of carbonyl (C=O) groups is 1. The van der Waals surface area contributed by atoms with Gasteiger partial charge in [-0.1, -0.05) is 38.8 Å². The first-order chi connectivity index (χ1) is 12.2. The van der Waals surface area contributed by atoms with Gasteiger partial charge in [0.25, 0.3) is 0 Å². The molecular formula is C20H30N2O3S. The Hall–Kier alpha value is -1.40. The Balaban J connectivity index is 1.90. The van der Waals surface area contributed by atoms with E-state index in [9.17, 15) is 13.2 Å². The summed E-state index contributed by atoms with van der Waals surface area (Å²) in [6.07, 6.45) is 4.04. The number of benzene rings is 1. The van der Waals surface area contributed by atoms with Crippen LogP contribution in [0, 0.1) is 11.3 Å². The summed E-state index contributed by atoms with van der Waals surface area (Å²) in [6, 6.07) is 7.18. The minimum Gasteiger partial charge on any atom is -0.349 e. The zero-order valence-electron chi connectivity index (χ0n) is 16.2. The average molecular weight is 379 g/mol. The van der Waals surface area contributed by atoms with Gasteiger partial charge in [0.15, 0.2) is 0 Å². The third-order valence-corrected chi connectivity index (χ3v) is 7.97. The second-order valence-electron chi connectivity index (χ2n) is 8.38. The summed E-state index contributed by atoms with van der Waals surface area (Å²) in [5.74, 6) is 0.187. The molecule has 1 aliphatic carbocycles. The molecule has 26 heavy (non-hydrogen) atoms. The lowest BCUT2D eigenvalue weighted by Crippen LogP contribution is -2.39. The van der Waals surface area contributed by atoms with E-state index in [-0.39, 0.29) is 17.2 Å². The van der Waals surface area contributed by atoms with E-state index in [4.69, 9.17) is 0 Å². The van der Waals surface area contributed by atoms with Gasteiger partial charge in [0.05, 0.1) is 10.8 Å². The first-order valence-corrected chi connectivity index (χ1v) is 10.9. The molecule has 1 aromatic rings. The quantitative estimate of drug-likeness (QED) is 0.809. The van der Waals surface area contributed by atoms with Crippen molar-refractivity contribution in [2.45, 2.75) is 50.3 Å². The normalized spacial score (nSPS) is 23.0. The predicted molar refractivity (Wildman–Crippen MR) is 102 cm³/mol. The van der Waals surface area contributed by atoms with Crippen molar-refractivity contribution in [1.29, 1.82) is 0 Å². The Morgan fingerprint density at radius 1 is 1.15 bits per heavy atom. The fraction of sp³-hybridized carbons (Fsp3) is 0.650. The maximum atomic E-state index is 13.2. The van der Waals surface area contributed by atoms with Crippen molar-refractivity contribution in [3.8, 4) is 0 Å². The molecule has 6 heteroatoms. The van der Waals surface area contributed by atoms with E-state index in [0.717, 1.165) is 31.2 Å². The molecule has 2 aliphatic rings. The molecular weight excluding hydrogens is 348 g/mol. The molecule has 2 fully saturated rings. The lowest BCUT2D eigenvalue weighted by atomic mass is 9.76. The van der Waals surface area contributed by atoms with Crippen LogP contribution in [0.25, 0.3) is 0 Å². The smallest absolute Gasteiger partial charge is 0.243 e. The number of nitrogens with zero attached hydrogens (tertiary/aromatic N) is 2. The SMILES string of the molecule is CC(C)c1ccc(S(=O)(=O)N2CC(C(=O)N(C)C)C3(CCCC3)C2)cc1. The molecule has 1 unspecified atom stereocenters. The minimum absolute atomic E-state index is 0.0553. The van der Waals surface area contributed by atoms with Crippen LogP contribution in [0.15, 0.2) is 29.2 Å². The highest BCUT2D eigenvalue weighted by atomic mass is 32.2. The summed E-state index contributed by atoms with van der Waals surface area (Å²) in [7, 11) is -0.0607. The van der Waals surface area contributed by atoms with E-state index in [2.05, 4.69) is 13.8 Å². The van der Waals surface area contributed by atoms with Crippen LogP contribution in [-0.4, -0.2) is 50.7 Å². The summed E-state index contributed by atoms with van der Waals surface area (Å²) in [5.41, 5.74) is 0.935. The molecule has 1 saturated carbocycles. The molecule has 1 atom stereocenters. The summed E-state index contributed by atoms with van der Waals surface area (Å²) in [6.45, 7) is 4.94. The molecule has 0 radical (unpaired) electrons. The Morgan fingerprint density at radius 3 is 2.23 bits per heavy atom. The van der Waals surface area contributed by atoms with Crippen LogP contribution in [0.1, 0.15) is 51.0 Å². The fourth-order valence-corrected chi connectivity index (χ4v) is 6.07. The molecule has 1 amide bonds. The van der Waals surface area contributed by atoms with E-state index in [1.807, 2.05) is 12.1 Å². The first-order valence-electron chi connectivity index (χ1n) is 9.49. The highest BCUT2D eigenvalue weighted by Gasteiger charge is 2.54. The average Bonchev–Trinajstić information content (AvgIpc) is 3.22. The third-order valence-electron chi connectivity index (χ3n) is 6.14. The third kappa shape index (κ3) is 3.29.